The van der Waals surface area contributed by atoms with E-state index >= 15 is 0 Å². The SMILES string of the molecule is CNC(=O)[C@H](Cc1ccccc1)N(Cc1ccccc1)C(=O)CN(c1ccc(I)cc1)S(C)(=O)=O. The van der Waals surface area contributed by atoms with Crippen molar-refractivity contribution in [3.63, 3.8) is 0 Å². The highest BCUT2D eigenvalue weighted by atomic mass is 127. The number of rotatable bonds is 10. The highest BCUT2D eigenvalue weighted by Gasteiger charge is 2.32. The van der Waals surface area contributed by atoms with Gasteiger partial charge in [-0.15, -0.1) is 0 Å². The van der Waals surface area contributed by atoms with Crippen LogP contribution in [-0.2, 0) is 32.6 Å². The molecule has 184 valence electrons. The van der Waals surface area contributed by atoms with E-state index in [1.165, 1.54) is 11.9 Å². The molecule has 0 unspecified atom stereocenters. The molecular weight excluding hydrogens is 577 g/mol. The zero-order chi connectivity index (χ0) is 25.4. The molecule has 0 spiro atoms. The lowest BCUT2D eigenvalue weighted by atomic mass is 10.0. The fourth-order valence-electron chi connectivity index (χ4n) is 3.72. The first-order valence-corrected chi connectivity index (χ1v) is 13.9. The number of hydrogen-bond acceptors (Lipinski definition) is 4. The summed E-state index contributed by atoms with van der Waals surface area (Å²) >= 11 is 2.13. The largest absolute Gasteiger partial charge is 0.357 e. The third kappa shape index (κ3) is 7.53. The van der Waals surface area contributed by atoms with E-state index in [1.807, 2.05) is 60.7 Å². The van der Waals surface area contributed by atoms with E-state index in [0.717, 1.165) is 25.3 Å². The Labute approximate surface area is 220 Å². The lowest BCUT2D eigenvalue weighted by Crippen LogP contribution is -2.52. The minimum Gasteiger partial charge on any atom is -0.357 e. The molecule has 0 aliphatic carbocycles. The molecule has 0 aliphatic heterocycles. The highest BCUT2D eigenvalue weighted by molar-refractivity contribution is 14.1. The van der Waals surface area contributed by atoms with Crippen molar-refractivity contribution in [3.05, 3.63) is 99.6 Å². The summed E-state index contributed by atoms with van der Waals surface area (Å²) in [4.78, 5) is 28.2. The molecule has 0 aromatic heterocycles. The van der Waals surface area contributed by atoms with Crippen molar-refractivity contribution in [2.24, 2.45) is 0 Å². The van der Waals surface area contributed by atoms with Gasteiger partial charge in [-0.1, -0.05) is 60.7 Å². The van der Waals surface area contributed by atoms with Crippen LogP contribution >= 0.6 is 22.6 Å². The summed E-state index contributed by atoms with van der Waals surface area (Å²) in [5.41, 5.74) is 2.12. The molecular formula is C26H28IN3O4S. The van der Waals surface area contributed by atoms with Crippen molar-refractivity contribution < 1.29 is 18.0 Å². The molecule has 0 bridgehead atoms. The second-order valence-corrected chi connectivity index (χ2v) is 11.2. The average molecular weight is 605 g/mol. The molecule has 3 aromatic rings. The van der Waals surface area contributed by atoms with E-state index in [4.69, 9.17) is 0 Å². The van der Waals surface area contributed by atoms with Crippen molar-refractivity contribution in [3.8, 4) is 0 Å². The van der Waals surface area contributed by atoms with Crippen LogP contribution in [0.3, 0.4) is 0 Å². The fourth-order valence-corrected chi connectivity index (χ4v) is 4.93. The van der Waals surface area contributed by atoms with E-state index in [-0.39, 0.29) is 12.5 Å². The molecule has 0 fully saturated rings. The Bertz CT molecular complexity index is 1240. The Kier molecular flexibility index (Phi) is 9.27. The van der Waals surface area contributed by atoms with Gasteiger partial charge >= 0.3 is 0 Å². The standard InChI is InChI=1S/C26H28IN3O4S/c1-28-26(32)24(17-20-9-5-3-6-10-20)29(18-21-11-7-4-8-12-21)25(31)19-30(35(2,33)34)23-15-13-22(27)14-16-23/h3-16,24H,17-19H2,1-2H3,(H,28,32)/t24-/m0/s1. The van der Waals surface area contributed by atoms with Crippen LogP contribution < -0.4 is 9.62 Å². The monoisotopic (exact) mass is 605 g/mol. The minimum absolute atomic E-state index is 0.162. The molecule has 35 heavy (non-hydrogen) atoms. The molecule has 0 saturated carbocycles. The maximum absolute atomic E-state index is 13.7. The van der Waals surface area contributed by atoms with Crippen molar-refractivity contribution >= 4 is 50.1 Å². The number of benzene rings is 3. The summed E-state index contributed by atoms with van der Waals surface area (Å²) in [6.45, 7) is -0.260. The van der Waals surface area contributed by atoms with E-state index in [0.29, 0.717) is 12.1 Å². The number of carbonyl (C=O) groups excluding carboxylic acids is 2. The van der Waals surface area contributed by atoms with Gasteiger partial charge in [0, 0.05) is 23.6 Å². The number of nitrogens with one attached hydrogen (secondary N) is 1. The van der Waals surface area contributed by atoms with Crippen LogP contribution in [-0.4, -0.2) is 51.0 Å². The van der Waals surface area contributed by atoms with Crippen LogP contribution in [0.2, 0.25) is 0 Å². The number of nitrogens with zero attached hydrogens (tertiary/aromatic N) is 2. The molecule has 0 aliphatic rings. The van der Waals surface area contributed by atoms with Gasteiger partial charge in [0.1, 0.15) is 12.6 Å². The molecule has 1 N–H and O–H groups in total. The number of anilines is 1. The van der Waals surface area contributed by atoms with Gasteiger partial charge in [0.05, 0.1) is 11.9 Å². The second kappa shape index (κ2) is 12.2. The summed E-state index contributed by atoms with van der Waals surface area (Å²) in [6.07, 6.45) is 1.36. The molecule has 7 nitrogen and oxygen atoms in total. The topological polar surface area (TPSA) is 86.8 Å². The van der Waals surface area contributed by atoms with Crippen LogP contribution in [0, 0.1) is 3.57 Å². The number of carbonyl (C=O) groups is 2. The van der Waals surface area contributed by atoms with Crippen LogP contribution in [0.5, 0.6) is 0 Å². The Morgan fingerprint density at radius 3 is 1.94 bits per heavy atom. The van der Waals surface area contributed by atoms with Gasteiger partial charge in [-0.25, -0.2) is 8.42 Å². The van der Waals surface area contributed by atoms with Crippen molar-refractivity contribution in [1.82, 2.24) is 10.2 Å². The third-order valence-electron chi connectivity index (χ3n) is 5.51. The number of sulfonamides is 1. The number of halogens is 1. The Balaban J connectivity index is 1.99. The first-order chi connectivity index (χ1) is 16.7. The predicted octanol–water partition coefficient (Wildman–Crippen LogP) is 3.44. The zero-order valence-electron chi connectivity index (χ0n) is 19.6. The molecule has 9 heteroatoms. The normalized spacial score (nSPS) is 12.0. The Morgan fingerprint density at radius 1 is 0.886 bits per heavy atom. The maximum atomic E-state index is 13.7. The van der Waals surface area contributed by atoms with Crippen LogP contribution in [0.25, 0.3) is 0 Å². The smallest absolute Gasteiger partial charge is 0.244 e. The Hall–Kier alpha value is -2.92. The summed E-state index contributed by atoms with van der Waals surface area (Å²) in [6, 6.07) is 24.8. The second-order valence-electron chi connectivity index (χ2n) is 8.07. The first-order valence-electron chi connectivity index (χ1n) is 11.0. The summed E-state index contributed by atoms with van der Waals surface area (Å²) in [5.74, 6) is -0.791. The van der Waals surface area contributed by atoms with E-state index < -0.39 is 28.5 Å². The number of amides is 2. The molecule has 0 radical (unpaired) electrons. The van der Waals surface area contributed by atoms with Gasteiger partial charge < -0.3 is 10.2 Å². The Morgan fingerprint density at radius 2 is 1.43 bits per heavy atom. The fraction of sp³-hybridized carbons (Fsp3) is 0.231. The highest BCUT2D eigenvalue weighted by Crippen LogP contribution is 2.21. The van der Waals surface area contributed by atoms with E-state index in [9.17, 15) is 18.0 Å². The lowest BCUT2D eigenvalue weighted by Gasteiger charge is -2.33. The summed E-state index contributed by atoms with van der Waals surface area (Å²) < 4.78 is 27.3. The van der Waals surface area contributed by atoms with E-state index in [1.54, 1.807) is 24.3 Å². The van der Waals surface area contributed by atoms with Crippen molar-refractivity contribution in [1.29, 1.82) is 0 Å². The molecule has 0 saturated heterocycles. The molecule has 3 rings (SSSR count). The van der Waals surface area contributed by atoms with Gasteiger partial charge in [-0.3, -0.25) is 13.9 Å². The van der Waals surface area contributed by atoms with E-state index in [2.05, 4.69) is 27.9 Å². The van der Waals surface area contributed by atoms with Crippen LogP contribution in [0.4, 0.5) is 5.69 Å². The van der Waals surface area contributed by atoms with Crippen LogP contribution in [0.1, 0.15) is 11.1 Å². The quantitative estimate of drug-likeness (QED) is 0.359. The minimum atomic E-state index is -3.76. The average Bonchev–Trinajstić information content (AvgIpc) is 2.85. The summed E-state index contributed by atoms with van der Waals surface area (Å²) in [7, 11) is -2.23. The predicted molar refractivity (Wildman–Crippen MR) is 146 cm³/mol. The number of likely N-dealkylation sites (N-methyl/N-ethyl adjacent to an activating group) is 1. The zero-order valence-corrected chi connectivity index (χ0v) is 22.6. The lowest BCUT2D eigenvalue weighted by molar-refractivity contribution is -0.139. The van der Waals surface area contributed by atoms with Gasteiger partial charge in [-0.2, -0.15) is 0 Å². The van der Waals surface area contributed by atoms with Gasteiger partial charge in [-0.05, 0) is 58.0 Å². The van der Waals surface area contributed by atoms with Crippen molar-refractivity contribution in [2.75, 3.05) is 24.2 Å². The van der Waals surface area contributed by atoms with Gasteiger partial charge in [0.15, 0.2) is 0 Å². The van der Waals surface area contributed by atoms with Gasteiger partial charge in [0.25, 0.3) is 0 Å². The molecule has 2 amide bonds. The summed E-state index contributed by atoms with van der Waals surface area (Å²) in [5, 5.41) is 2.66. The maximum Gasteiger partial charge on any atom is 0.244 e. The first kappa shape index (κ1) is 26.7. The van der Waals surface area contributed by atoms with Crippen LogP contribution in [0.15, 0.2) is 84.9 Å². The molecule has 3 aromatic carbocycles. The number of hydrogen-bond donors (Lipinski definition) is 1. The van der Waals surface area contributed by atoms with Gasteiger partial charge in [0.2, 0.25) is 21.8 Å². The molecule has 1 atom stereocenters. The van der Waals surface area contributed by atoms with Crippen molar-refractivity contribution in [2.45, 2.75) is 19.0 Å². The third-order valence-corrected chi connectivity index (χ3v) is 7.37. The molecule has 0 heterocycles.